The number of hydrogen-bond acceptors (Lipinski definition) is 4. The van der Waals surface area contributed by atoms with Crippen LogP contribution < -0.4 is 0 Å². The van der Waals surface area contributed by atoms with E-state index in [4.69, 9.17) is 0 Å². The van der Waals surface area contributed by atoms with Gasteiger partial charge in [-0.25, -0.2) is 0 Å². The average molecular weight is 727 g/mol. The molecule has 0 heterocycles. The Bertz CT molecular complexity index is 1730. The van der Waals surface area contributed by atoms with Crippen LogP contribution in [0, 0.1) is 35.5 Å². The van der Waals surface area contributed by atoms with E-state index in [0.29, 0.717) is 12.8 Å². The minimum atomic E-state index is -1.48. The molecule has 0 saturated heterocycles. The summed E-state index contributed by atoms with van der Waals surface area (Å²) >= 11 is 0. The van der Waals surface area contributed by atoms with E-state index in [-0.39, 0.29) is 38.0 Å². The van der Waals surface area contributed by atoms with Crippen molar-refractivity contribution in [2.24, 2.45) is 35.5 Å². The molecule has 0 spiro atoms. The SMILES string of the molecule is C[C@H](C/C=C/c1ccccc1)CN(Cc1ccccc1)C(=O)[C@H]1[C@H](C(=O)O)[C@H](C(=O)N(Cc2ccccc2)C[C@H](C)C/C=C/c2ccccc2)[C@H]1C(=O)O. The monoisotopic (exact) mass is 726 g/mol. The van der Waals surface area contributed by atoms with E-state index in [1.54, 1.807) is 9.80 Å². The summed E-state index contributed by atoms with van der Waals surface area (Å²) in [5, 5.41) is 21.1. The Morgan fingerprint density at radius 1 is 0.519 bits per heavy atom. The second kappa shape index (κ2) is 19.4. The molecule has 2 N–H and O–H groups in total. The second-order valence-corrected chi connectivity index (χ2v) is 14.5. The molecule has 4 aromatic carbocycles. The van der Waals surface area contributed by atoms with Gasteiger partial charge in [0.15, 0.2) is 0 Å². The van der Waals surface area contributed by atoms with Gasteiger partial charge in [0.1, 0.15) is 0 Å². The van der Waals surface area contributed by atoms with Gasteiger partial charge in [-0.2, -0.15) is 0 Å². The minimum Gasteiger partial charge on any atom is -0.481 e. The molecule has 54 heavy (non-hydrogen) atoms. The van der Waals surface area contributed by atoms with E-state index in [0.717, 1.165) is 22.3 Å². The molecule has 4 aromatic rings. The molecule has 1 saturated carbocycles. The predicted octanol–water partition coefficient (Wildman–Crippen LogP) is 8.17. The van der Waals surface area contributed by atoms with Crippen LogP contribution in [0.25, 0.3) is 12.2 Å². The van der Waals surface area contributed by atoms with E-state index in [9.17, 15) is 29.4 Å². The van der Waals surface area contributed by atoms with Crippen LogP contribution in [0.3, 0.4) is 0 Å². The first kappa shape index (κ1) is 39.4. The number of benzene rings is 4. The lowest BCUT2D eigenvalue weighted by molar-refractivity contribution is -0.188. The Kier molecular flexibility index (Phi) is 14.1. The maximum Gasteiger partial charge on any atom is 0.308 e. The Balaban J connectivity index is 1.38. The number of nitrogens with zero attached hydrogens (tertiary/aromatic N) is 2. The van der Waals surface area contributed by atoms with Crippen LogP contribution in [0.1, 0.15) is 48.9 Å². The van der Waals surface area contributed by atoms with Crippen LogP contribution in [-0.2, 0) is 32.3 Å². The summed E-state index contributed by atoms with van der Waals surface area (Å²) in [6.07, 6.45) is 9.43. The number of aliphatic carboxylic acids is 2. The van der Waals surface area contributed by atoms with Crippen molar-refractivity contribution in [1.82, 2.24) is 9.80 Å². The molecule has 8 heteroatoms. The minimum absolute atomic E-state index is 0.0134. The summed E-state index contributed by atoms with van der Waals surface area (Å²) < 4.78 is 0. The number of carbonyl (C=O) groups excluding carboxylic acids is 2. The Hall–Kier alpha value is -5.76. The fraction of sp³-hybridized carbons (Fsp3) is 0.304. The van der Waals surface area contributed by atoms with Gasteiger partial charge in [-0.1, -0.05) is 159 Å². The molecular weight excluding hydrogens is 677 g/mol. The first-order chi connectivity index (χ1) is 26.1. The number of rotatable bonds is 18. The molecule has 0 radical (unpaired) electrons. The first-order valence-corrected chi connectivity index (χ1v) is 18.7. The highest BCUT2D eigenvalue weighted by Crippen LogP contribution is 2.49. The number of carboxylic acid groups (broad SMARTS) is 2. The highest BCUT2D eigenvalue weighted by Gasteiger charge is 2.65. The van der Waals surface area contributed by atoms with Crippen molar-refractivity contribution in [3.8, 4) is 0 Å². The summed E-state index contributed by atoms with van der Waals surface area (Å²) in [6.45, 7) is 4.97. The maximum absolute atomic E-state index is 14.5. The number of carbonyl (C=O) groups is 4. The second-order valence-electron chi connectivity index (χ2n) is 14.5. The van der Waals surface area contributed by atoms with Gasteiger partial charge < -0.3 is 20.0 Å². The van der Waals surface area contributed by atoms with Gasteiger partial charge in [0.05, 0.1) is 23.7 Å². The lowest BCUT2D eigenvalue weighted by Gasteiger charge is -2.48. The third-order valence-electron chi connectivity index (χ3n) is 10.1. The van der Waals surface area contributed by atoms with E-state index >= 15 is 0 Å². The van der Waals surface area contributed by atoms with Gasteiger partial charge in [-0.15, -0.1) is 0 Å². The van der Waals surface area contributed by atoms with Crippen LogP contribution >= 0.6 is 0 Å². The first-order valence-electron chi connectivity index (χ1n) is 18.7. The van der Waals surface area contributed by atoms with Gasteiger partial charge in [0, 0.05) is 26.2 Å². The number of hydrogen-bond donors (Lipinski definition) is 2. The summed E-state index contributed by atoms with van der Waals surface area (Å²) in [5.41, 5.74) is 3.79. The fourth-order valence-corrected chi connectivity index (χ4v) is 7.37. The molecule has 2 amide bonds. The van der Waals surface area contributed by atoms with Crippen LogP contribution in [0.5, 0.6) is 0 Å². The lowest BCUT2D eigenvalue weighted by atomic mass is 9.55. The zero-order chi connectivity index (χ0) is 38.5. The van der Waals surface area contributed by atoms with E-state index in [1.165, 1.54) is 0 Å². The molecule has 0 aromatic heterocycles. The normalized spacial score (nSPS) is 19.1. The summed E-state index contributed by atoms with van der Waals surface area (Å²) in [5.74, 6) is -9.59. The Morgan fingerprint density at radius 3 is 1.15 bits per heavy atom. The smallest absolute Gasteiger partial charge is 0.308 e. The summed E-state index contributed by atoms with van der Waals surface area (Å²) in [7, 11) is 0. The van der Waals surface area contributed by atoms with Crippen molar-refractivity contribution in [3.05, 3.63) is 156 Å². The van der Waals surface area contributed by atoms with Gasteiger partial charge in [-0.3, -0.25) is 19.2 Å². The highest BCUT2D eigenvalue weighted by atomic mass is 16.4. The van der Waals surface area contributed by atoms with Crippen LogP contribution in [-0.4, -0.2) is 56.9 Å². The van der Waals surface area contributed by atoms with E-state index < -0.39 is 47.4 Å². The largest absolute Gasteiger partial charge is 0.481 e. The third-order valence-corrected chi connectivity index (χ3v) is 10.1. The van der Waals surface area contributed by atoms with E-state index in [1.807, 2.05) is 159 Å². The molecule has 0 bridgehead atoms. The van der Waals surface area contributed by atoms with Gasteiger partial charge in [0.25, 0.3) is 0 Å². The topological polar surface area (TPSA) is 115 Å². The molecule has 8 nitrogen and oxygen atoms in total. The van der Waals surface area contributed by atoms with Crippen LogP contribution in [0.2, 0.25) is 0 Å². The number of amides is 2. The molecule has 280 valence electrons. The average Bonchev–Trinajstić information content (AvgIpc) is 3.15. The summed E-state index contributed by atoms with van der Waals surface area (Å²) in [6, 6.07) is 38.5. The molecular formula is C46H50N2O6. The predicted molar refractivity (Wildman–Crippen MR) is 211 cm³/mol. The van der Waals surface area contributed by atoms with Gasteiger partial charge in [0.2, 0.25) is 11.8 Å². The van der Waals surface area contributed by atoms with Gasteiger partial charge in [-0.05, 0) is 46.9 Å². The zero-order valence-corrected chi connectivity index (χ0v) is 31.0. The molecule has 1 fully saturated rings. The molecule has 2 atom stereocenters. The van der Waals surface area contributed by atoms with E-state index in [2.05, 4.69) is 0 Å². The molecule has 0 unspecified atom stereocenters. The quantitative estimate of drug-likeness (QED) is 0.107. The highest BCUT2D eigenvalue weighted by molar-refractivity contribution is 5.99. The van der Waals surface area contributed by atoms with Crippen molar-refractivity contribution in [1.29, 1.82) is 0 Å². The van der Waals surface area contributed by atoms with Crippen molar-refractivity contribution in [2.75, 3.05) is 13.1 Å². The van der Waals surface area contributed by atoms with Crippen molar-refractivity contribution in [2.45, 2.75) is 39.8 Å². The van der Waals surface area contributed by atoms with Crippen molar-refractivity contribution < 1.29 is 29.4 Å². The van der Waals surface area contributed by atoms with Crippen molar-refractivity contribution in [3.63, 3.8) is 0 Å². The Morgan fingerprint density at radius 2 is 0.833 bits per heavy atom. The number of carboxylic acids is 2. The molecule has 1 aliphatic rings. The zero-order valence-electron chi connectivity index (χ0n) is 31.0. The fourth-order valence-electron chi connectivity index (χ4n) is 7.37. The lowest BCUT2D eigenvalue weighted by Crippen LogP contribution is -2.64. The van der Waals surface area contributed by atoms with Crippen molar-refractivity contribution >= 4 is 35.9 Å². The summed E-state index contributed by atoms with van der Waals surface area (Å²) in [4.78, 5) is 58.1. The number of allylic oxidation sites excluding steroid dienone is 2. The van der Waals surface area contributed by atoms with Crippen LogP contribution in [0.4, 0.5) is 0 Å². The molecule has 1 aliphatic carbocycles. The maximum atomic E-state index is 14.5. The third kappa shape index (κ3) is 10.7. The Labute approximate surface area is 318 Å². The van der Waals surface area contributed by atoms with Crippen LogP contribution in [0.15, 0.2) is 133 Å². The standard InChI is InChI=1S/C46H50N2O6/c1-33(17-15-27-35-19-7-3-8-20-35)29-47(31-37-23-11-5-12-24-37)43(49)39-41(45(51)52)40(42(39)46(53)54)44(50)48(32-38-25-13-6-14-26-38)30-34(2)18-16-28-36-21-9-4-10-22-36/h3-16,19-28,33-34,39-42H,17-18,29-32H2,1-2H3,(H,51,52)(H,53,54)/b27-15+,28-16+/t33-,34-,39-,40-,41-,42-/m1/s1. The molecule has 5 rings (SSSR count). The molecule has 0 aliphatic heterocycles. The van der Waals surface area contributed by atoms with Gasteiger partial charge >= 0.3 is 11.9 Å².